The Balaban J connectivity index is 2.60. The van der Waals surface area contributed by atoms with Gasteiger partial charge in [0.1, 0.15) is 0 Å². The lowest BCUT2D eigenvalue weighted by Gasteiger charge is -2.04. The van der Waals surface area contributed by atoms with Crippen LogP contribution in [0.3, 0.4) is 0 Å². The molecule has 0 amide bonds. The molecule has 1 heterocycles. The summed E-state index contributed by atoms with van der Waals surface area (Å²) < 4.78 is 2.66. The minimum absolute atomic E-state index is 0.385. The number of rotatable bonds is 2. The van der Waals surface area contributed by atoms with Crippen molar-refractivity contribution in [2.75, 3.05) is 0 Å². The highest BCUT2D eigenvalue weighted by atomic mass is 79.9. The van der Waals surface area contributed by atoms with Gasteiger partial charge in [0.05, 0.1) is 25.9 Å². The molecule has 2 N–H and O–H groups in total. The van der Waals surface area contributed by atoms with Crippen molar-refractivity contribution in [2.24, 2.45) is 12.8 Å². The molecule has 0 radical (unpaired) electrons. The van der Waals surface area contributed by atoms with E-state index in [0.717, 1.165) is 21.4 Å². The van der Waals surface area contributed by atoms with Gasteiger partial charge in [-0.15, -0.1) is 0 Å². The molecule has 0 unspecified atom stereocenters. The molecule has 2 rings (SSSR count). The van der Waals surface area contributed by atoms with E-state index in [1.807, 2.05) is 19.2 Å². The highest BCUT2D eigenvalue weighted by molar-refractivity contribution is 9.10. The molecule has 0 aliphatic carbocycles. The monoisotopic (exact) mass is 333 g/mol. The molecule has 6 heteroatoms. The molecule has 1 aromatic heterocycles. The van der Waals surface area contributed by atoms with E-state index in [2.05, 4.69) is 21.0 Å². The van der Waals surface area contributed by atoms with Crippen LogP contribution >= 0.6 is 39.1 Å². The van der Waals surface area contributed by atoms with Crippen molar-refractivity contribution in [3.63, 3.8) is 0 Å². The molecule has 17 heavy (non-hydrogen) atoms. The van der Waals surface area contributed by atoms with Gasteiger partial charge in [-0.2, -0.15) is 5.10 Å². The van der Waals surface area contributed by atoms with Gasteiger partial charge in [0.15, 0.2) is 0 Å². The van der Waals surface area contributed by atoms with Crippen LogP contribution in [0.1, 0.15) is 5.69 Å². The Morgan fingerprint density at radius 1 is 1.35 bits per heavy atom. The summed E-state index contributed by atoms with van der Waals surface area (Å²) in [5.41, 5.74) is 8.31. The first-order chi connectivity index (χ1) is 8.04. The summed E-state index contributed by atoms with van der Waals surface area (Å²) in [7, 11) is 1.86. The first-order valence-corrected chi connectivity index (χ1v) is 6.46. The third-order valence-corrected chi connectivity index (χ3v) is 4.01. The molecule has 90 valence electrons. The summed E-state index contributed by atoms with van der Waals surface area (Å²) in [5.74, 6) is 0. The van der Waals surface area contributed by atoms with Crippen LogP contribution in [0.4, 0.5) is 0 Å². The second-order valence-corrected chi connectivity index (χ2v) is 5.17. The maximum Gasteiger partial charge on any atom is 0.0908 e. The second kappa shape index (κ2) is 4.98. The van der Waals surface area contributed by atoms with Gasteiger partial charge >= 0.3 is 0 Å². The lowest BCUT2D eigenvalue weighted by Crippen LogP contribution is -1.99. The van der Waals surface area contributed by atoms with Crippen LogP contribution in [0, 0.1) is 0 Å². The van der Waals surface area contributed by atoms with Crippen LogP contribution < -0.4 is 5.73 Å². The van der Waals surface area contributed by atoms with E-state index in [0.29, 0.717) is 16.6 Å². The van der Waals surface area contributed by atoms with Gasteiger partial charge in [-0.25, -0.2) is 0 Å². The fourth-order valence-electron chi connectivity index (χ4n) is 1.64. The third kappa shape index (κ3) is 2.36. The predicted molar refractivity (Wildman–Crippen MR) is 74.3 cm³/mol. The van der Waals surface area contributed by atoms with Gasteiger partial charge in [-0.3, -0.25) is 4.68 Å². The Morgan fingerprint density at radius 3 is 2.59 bits per heavy atom. The van der Waals surface area contributed by atoms with E-state index in [-0.39, 0.29) is 0 Å². The zero-order valence-corrected chi connectivity index (χ0v) is 12.1. The maximum absolute atomic E-state index is 6.01. The molecule has 2 aromatic rings. The van der Waals surface area contributed by atoms with Gasteiger partial charge in [-0.1, -0.05) is 29.3 Å². The lowest BCUT2D eigenvalue weighted by molar-refractivity contribution is 0.749. The summed E-state index contributed by atoms with van der Waals surface area (Å²) in [5, 5.41) is 5.38. The molecule has 0 spiro atoms. The number of benzene rings is 1. The molecule has 0 bridgehead atoms. The van der Waals surface area contributed by atoms with Crippen LogP contribution in [0.2, 0.25) is 10.0 Å². The number of nitrogens with zero attached hydrogens (tertiary/aromatic N) is 2. The SMILES string of the molecule is Cn1nc(CN)c(Br)c1-c1ccc(Cl)c(Cl)c1. The normalized spacial score (nSPS) is 10.9. The fraction of sp³-hybridized carbons (Fsp3) is 0.182. The number of halogens is 3. The van der Waals surface area contributed by atoms with E-state index in [1.165, 1.54) is 0 Å². The fourth-order valence-corrected chi connectivity index (χ4v) is 2.67. The number of aryl methyl sites for hydroxylation is 1. The van der Waals surface area contributed by atoms with Gasteiger partial charge < -0.3 is 5.73 Å². The first kappa shape index (κ1) is 12.9. The largest absolute Gasteiger partial charge is 0.325 e. The van der Waals surface area contributed by atoms with Crippen molar-refractivity contribution in [3.05, 3.63) is 38.4 Å². The van der Waals surface area contributed by atoms with Gasteiger partial charge in [0.25, 0.3) is 0 Å². The molecule has 1 aromatic carbocycles. The zero-order chi connectivity index (χ0) is 12.6. The average molecular weight is 335 g/mol. The van der Waals surface area contributed by atoms with E-state index in [4.69, 9.17) is 28.9 Å². The van der Waals surface area contributed by atoms with E-state index in [9.17, 15) is 0 Å². The molecule has 0 aliphatic heterocycles. The Kier molecular flexibility index (Phi) is 3.78. The number of hydrogen-bond acceptors (Lipinski definition) is 2. The molecule has 0 saturated carbocycles. The number of nitrogens with two attached hydrogens (primary N) is 1. The summed E-state index contributed by atoms with van der Waals surface area (Å²) in [6, 6.07) is 5.48. The topological polar surface area (TPSA) is 43.8 Å². The molecular weight excluding hydrogens is 325 g/mol. The lowest BCUT2D eigenvalue weighted by atomic mass is 10.1. The Labute approximate surface area is 118 Å². The quantitative estimate of drug-likeness (QED) is 0.911. The highest BCUT2D eigenvalue weighted by Crippen LogP contribution is 2.34. The second-order valence-electron chi connectivity index (χ2n) is 3.57. The summed E-state index contributed by atoms with van der Waals surface area (Å²) in [4.78, 5) is 0. The average Bonchev–Trinajstić information content (AvgIpc) is 2.58. The highest BCUT2D eigenvalue weighted by Gasteiger charge is 2.15. The van der Waals surface area contributed by atoms with Crippen LogP contribution in [-0.2, 0) is 13.6 Å². The molecule has 3 nitrogen and oxygen atoms in total. The summed E-state index contributed by atoms with van der Waals surface area (Å²) in [6.07, 6.45) is 0. The molecule has 0 saturated heterocycles. The van der Waals surface area contributed by atoms with Crippen molar-refractivity contribution in [3.8, 4) is 11.3 Å². The summed E-state index contributed by atoms with van der Waals surface area (Å²) in [6.45, 7) is 0.385. The number of aromatic nitrogens is 2. The maximum atomic E-state index is 6.01. The van der Waals surface area contributed by atoms with Gasteiger partial charge in [0, 0.05) is 19.2 Å². The predicted octanol–water partition coefficient (Wildman–Crippen LogP) is 3.62. The van der Waals surface area contributed by atoms with E-state index >= 15 is 0 Å². The Morgan fingerprint density at radius 2 is 2.06 bits per heavy atom. The van der Waals surface area contributed by atoms with Crippen molar-refractivity contribution >= 4 is 39.1 Å². The van der Waals surface area contributed by atoms with E-state index < -0.39 is 0 Å². The van der Waals surface area contributed by atoms with Crippen LogP contribution in [-0.4, -0.2) is 9.78 Å². The van der Waals surface area contributed by atoms with Crippen molar-refractivity contribution in [1.29, 1.82) is 0 Å². The molecule has 0 aliphatic rings. The van der Waals surface area contributed by atoms with Crippen LogP contribution in [0.15, 0.2) is 22.7 Å². The minimum atomic E-state index is 0.385. The molecular formula is C11H10BrCl2N3. The van der Waals surface area contributed by atoms with Gasteiger partial charge in [-0.05, 0) is 28.1 Å². The number of hydrogen-bond donors (Lipinski definition) is 1. The minimum Gasteiger partial charge on any atom is -0.325 e. The third-order valence-electron chi connectivity index (χ3n) is 2.44. The van der Waals surface area contributed by atoms with Gasteiger partial charge in [0.2, 0.25) is 0 Å². The van der Waals surface area contributed by atoms with Crippen LogP contribution in [0.25, 0.3) is 11.3 Å². The zero-order valence-electron chi connectivity index (χ0n) is 9.04. The first-order valence-electron chi connectivity index (χ1n) is 4.91. The Hall–Kier alpha value is -0.550. The van der Waals surface area contributed by atoms with E-state index in [1.54, 1.807) is 10.7 Å². The Bertz CT molecular complexity index is 566. The van der Waals surface area contributed by atoms with Crippen molar-refractivity contribution < 1.29 is 0 Å². The molecule has 0 atom stereocenters. The smallest absolute Gasteiger partial charge is 0.0908 e. The van der Waals surface area contributed by atoms with Crippen molar-refractivity contribution in [2.45, 2.75) is 6.54 Å². The molecule has 0 fully saturated rings. The summed E-state index contributed by atoms with van der Waals surface area (Å²) >= 11 is 15.4. The standard InChI is InChI=1S/C11H10BrCl2N3/c1-17-11(10(12)9(5-15)16-17)6-2-3-7(13)8(14)4-6/h2-4H,5,15H2,1H3. The van der Waals surface area contributed by atoms with Crippen LogP contribution in [0.5, 0.6) is 0 Å². The van der Waals surface area contributed by atoms with Crippen molar-refractivity contribution in [1.82, 2.24) is 9.78 Å².